The fourth-order valence-electron chi connectivity index (χ4n) is 2.91. The molecule has 0 aliphatic heterocycles. The van der Waals surface area contributed by atoms with Crippen LogP contribution in [0.2, 0.25) is 0 Å². The largest absolute Gasteiger partial charge is 0.318 e. The summed E-state index contributed by atoms with van der Waals surface area (Å²) in [6.07, 6.45) is 6.23. The van der Waals surface area contributed by atoms with E-state index >= 15 is 0 Å². The van der Waals surface area contributed by atoms with Gasteiger partial charge in [0.2, 0.25) is 0 Å². The van der Waals surface area contributed by atoms with E-state index in [0.717, 1.165) is 18.2 Å². The van der Waals surface area contributed by atoms with Gasteiger partial charge in [0, 0.05) is 17.3 Å². The molecule has 5 heteroatoms. The van der Waals surface area contributed by atoms with Crippen molar-refractivity contribution in [1.29, 1.82) is 0 Å². The molecule has 0 atom stereocenters. The Labute approximate surface area is 158 Å². The lowest BCUT2D eigenvalue weighted by atomic mass is 10.1. The Bertz CT molecular complexity index is 930. The summed E-state index contributed by atoms with van der Waals surface area (Å²) in [6.45, 7) is 2.18. The van der Waals surface area contributed by atoms with E-state index in [4.69, 9.17) is 0 Å². The third kappa shape index (κ3) is 4.91. The Morgan fingerprint density at radius 3 is 2.41 bits per heavy atom. The maximum Gasteiger partial charge on any atom is 0.314 e. The molecular weight excluding hydrogens is 338 g/mol. The van der Waals surface area contributed by atoms with E-state index in [1.54, 1.807) is 12.3 Å². The highest BCUT2D eigenvalue weighted by atomic mass is 16.2. The molecule has 0 spiro atoms. The van der Waals surface area contributed by atoms with Crippen LogP contribution in [0.5, 0.6) is 0 Å². The molecule has 2 aromatic carbocycles. The lowest BCUT2D eigenvalue weighted by molar-refractivity contribution is -0.132. The summed E-state index contributed by atoms with van der Waals surface area (Å²) >= 11 is 0. The van der Waals surface area contributed by atoms with Crippen molar-refractivity contribution in [2.24, 2.45) is 0 Å². The van der Waals surface area contributed by atoms with Crippen LogP contribution in [0.3, 0.4) is 0 Å². The molecule has 3 rings (SSSR count). The molecule has 138 valence electrons. The molecule has 0 aliphatic rings. The molecule has 0 bridgehead atoms. The SMILES string of the molecule is CCCCCc1ccc(NC(=O)C(=O)Nc2cccc3cccnc23)cc1. The number of rotatable bonds is 6. The molecule has 1 aromatic heterocycles. The Hall–Kier alpha value is -3.21. The number of pyridine rings is 1. The van der Waals surface area contributed by atoms with Gasteiger partial charge in [-0.1, -0.05) is 50.1 Å². The normalized spacial score (nSPS) is 10.6. The number of carbonyl (C=O) groups excluding carboxylic acids is 2. The monoisotopic (exact) mass is 361 g/mol. The van der Waals surface area contributed by atoms with Crippen molar-refractivity contribution in [3.63, 3.8) is 0 Å². The molecule has 0 radical (unpaired) electrons. The average Bonchev–Trinajstić information content (AvgIpc) is 2.70. The molecule has 0 saturated heterocycles. The zero-order valence-electron chi connectivity index (χ0n) is 15.4. The highest BCUT2D eigenvalue weighted by Crippen LogP contribution is 2.20. The van der Waals surface area contributed by atoms with Gasteiger partial charge in [0.25, 0.3) is 0 Å². The van der Waals surface area contributed by atoms with E-state index in [1.807, 2.05) is 48.5 Å². The van der Waals surface area contributed by atoms with Gasteiger partial charge in [0.05, 0.1) is 11.2 Å². The van der Waals surface area contributed by atoms with E-state index in [-0.39, 0.29) is 0 Å². The second-order valence-electron chi connectivity index (χ2n) is 6.44. The van der Waals surface area contributed by atoms with Crippen LogP contribution < -0.4 is 10.6 Å². The van der Waals surface area contributed by atoms with E-state index in [9.17, 15) is 9.59 Å². The Kier molecular flexibility index (Phi) is 6.15. The zero-order valence-corrected chi connectivity index (χ0v) is 15.4. The molecule has 5 nitrogen and oxygen atoms in total. The van der Waals surface area contributed by atoms with Gasteiger partial charge in [-0.3, -0.25) is 14.6 Å². The highest BCUT2D eigenvalue weighted by molar-refractivity contribution is 6.44. The van der Waals surface area contributed by atoms with E-state index in [0.29, 0.717) is 16.9 Å². The van der Waals surface area contributed by atoms with Crippen molar-refractivity contribution in [1.82, 2.24) is 4.98 Å². The van der Waals surface area contributed by atoms with Crippen LogP contribution in [0.25, 0.3) is 10.9 Å². The van der Waals surface area contributed by atoms with Crippen LogP contribution in [0.4, 0.5) is 11.4 Å². The number of nitrogens with one attached hydrogen (secondary N) is 2. The van der Waals surface area contributed by atoms with Gasteiger partial charge in [-0.2, -0.15) is 0 Å². The number of unbranched alkanes of at least 4 members (excludes halogenated alkanes) is 2. The molecule has 0 fully saturated rings. The number of hydrogen-bond acceptors (Lipinski definition) is 3. The van der Waals surface area contributed by atoms with Gasteiger partial charge in [-0.05, 0) is 42.7 Å². The second-order valence-corrected chi connectivity index (χ2v) is 6.44. The van der Waals surface area contributed by atoms with Gasteiger partial charge >= 0.3 is 11.8 Å². The van der Waals surface area contributed by atoms with Crippen LogP contribution in [-0.4, -0.2) is 16.8 Å². The summed E-state index contributed by atoms with van der Waals surface area (Å²) in [5.41, 5.74) is 3.00. The van der Waals surface area contributed by atoms with Crippen molar-refractivity contribution in [3.8, 4) is 0 Å². The molecule has 2 N–H and O–H groups in total. The van der Waals surface area contributed by atoms with Gasteiger partial charge in [-0.25, -0.2) is 0 Å². The van der Waals surface area contributed by atoms with Crippen LogP contribution >= 0.6 is 0 Å². The first-order chi connectivity index (χ1) is 13.2. The fourth-order valence-corrected chi connectivity index (χ4v) is 2.91. The first-order valence-corrected chi connectivity index (χ1v) is 9.22. The number of benzene rings is 2. The third-order valence-electron chi connectivity index (χ3n) is 4.37. The number of aryl methyl sites for hydroxylation is 1. The van der Waals surface area contributed by atoms with Crippen molar-refractivity contribution in [2.45, 2.75) is 32.6 Å². The molecule has 3 aromatic rings. The van der Waals surface area contributed by atoms with Crippen LogP contribution in [0.1, 0.15) is 31.7 Å². The molecular formula is C22H23N3O2. The summed E-state index contributed by atoms with van der Waals surface area (Å²) in [5, 5.41) is 6.17. The summed E-state index contributed by atoms with van der Waals surface area (Å²) < 4.78 is 0. The predicted molar refractivity (Wildman–Crippen MR) is 109 cm³/mol. The number of amides is 2. The zero-order chi connectivity index (χ0) is 19.1. The average molecular weight is 361 g/mol. The van der Waals surface area contributed by atoms with Crippen LogP contribution in [0, 0.1) is 0 Å². The fraction of sp³-hybridized carbons (Fsp3) is 0.227. The summed E-state index contributed by atoms with van der Waals surface area (Å²) in [5.74, 6) is -1.43. The highest BCUT2D eigenvalue weighted by Gasteiger charge is 2.15. The first-order valence-electron chi connectivity index (χ1n) is 9.22. The third-order valence-corrected chi connectivity index (χ3v) is 4.37. The summed E-state index contributed by atoms with van der Waals surface area (Å²) in [7, 11) is 0. The molecule has 2 amide bonds. The number of para-hydroxylation sites is 1. The topological polar surface area (TPSA) is 71.1 Å². The number of carbonyl (C=O) groups is 2. The molecule has 0 saturated carbocycles. The maximum atomic E-state index is 12.3. The number of hydrogen-bond donors (Lipinski definition) is 2. The van der Waals surface area contributed by atoms with Crippen LogP contribution in [0.15, 0.2) is 60.8 Å². The summed E-state index contributed by atoms with van der Waals surface area (Å²) in [4.78, 5) is 28.7. The minimum absolute atomic E-state index is 0.513. The van der Waals surface area contributed by atoms with Gasteiger partial charge in [0.15, 0.2) is 0 Å². The maximum absolute atomic E-state index is 12.3. The predicted octanol–water partition coefficient (Wildman–Crippen LogP) is 4.54. The smallest absolute Gasteiger partial charge is 0.314 e. The molecule has 0 aliphatic carbocycles. The Balaban J connectivity index is 1.61. The number of nitrogens with zero attached hydrogens (tertiary/aromatic N) is 1. The Morgan fingerprint density at radius 2 is 1.63 bits per heavy atom. The van der Waals surface area contributed by atoms with Gasteiger partial charge < -0.3 is 10.6 Å². The second kappa shape index (κ2) is 8.94. The molecule has 0 unspecified atom stereocenters. The minimum atomic E-state index is -0.722. The quantitative estimate of drug-likeness (QED) is 0.500. The number of fused-ring (bicyclic) bond motifs is 1. The van der Waals surface area contributed by atoms with E-state index in [2.05, 4.69) is 22.5 Å². The first kappa shape index (κ1) is 18.6. The number of anilines is 2. The van der Waals surface area contributed by atoms with Gasteiger partial charge in [-0.15, -0.1) is 0 Å². The Morgan fingerprint density at radius 1 is 0.889 bits per heavy atom. The lowest BCUT2D eigenvalue weighted by Gasteiger charge is -2.09. The minimum Gasteiger partial charge on any atom is -0.318 e. The van der Waals surface area contributed by atoms with Crippen molar-refractivity contribution in [3.05, 3.63) is 66.4 Å². The summed E-state index contributed by atoms with van der Waals surface area (Å²) in [6, 6.07) is 16.8. The standard InChI is InChI=1S/C22H23N3O2/c1-2-3-4-7-16-11-13-18(14-12-16)24-21(26)22(27)25-19-10-5-8-17-9-6-15-23-20(17)19/h5-6,8-15H,2-4,7H2,1H3,(H,24,26)(H,25,27). The van der Waals surface area contributed by atoms with Crippen molar-refractivity contribution >= 4 is 34.1 Å². The van der Waals surface area contributed by atoms with E-state index in [1.165, 1.54) is 18.4 Å². The lowest BCUT2D eigenvalue weighted by Crippen LogP contribution is -2.29. The van der Waals surface area contributed by atoms with Crippen molar-refractivity contribution in [2.75, 3.05) is 10.6 Å². The van der Waals surface area contributed by atoms with Crippen molar-refractivity contribution < 1.29 is 9.59 Å². The number of aromatic nitrogens is 1. The van der Waals surface area contributed by atoms with Crippen LogP contribution in [-0.2, 0) is 16.0 Å². The molecule has 1 heterocycles. The van der Waals surface area contributed by atoms with Gasteiger partial charge in [0.1, 0.15) is 0 Å². The molecule has 27 heavy (non-hydrogen) atoms. The van der Waals surface area contributed by atoms with E-state index < -0.39 is 11.8 Å².